The van der Waals surface area contributed by atoms with Crippen LogP contribution in [-0.2, 0) is 16.1 Å². The molecule has 8 heteroatoms. The molecule has 1 N–H and O–H groups in total. The number of carbonyl (C=O) groups excluding carboxylic acids is 2. The van der Waals surface area contributed by atoms with E-state index in [0.717, 1.165) is 5.56 Å². The number of anilines is 1. The lowest BCUT2D eigenvalue weighted by atomic mass is 10.2. The Morgan fingerprint density at radius 2 is 1.77 bits per heavy atom. The Morgan fingerprint density at radius 3 is 2.35 bits per heavy atom. The van der Waals surface area contributed by atoms with Crippen LogP contribution in [0.25, 0.3) is 0 Å². The Morgan fingerprint density at radius 1 is 1.12 bits per heavy atom. The lowest BCUT2D eigenvalue weighted by Gasteiger charge is -2.21. The normalized spacial score (nSPS) is 10.0. The zero-order valence-electron chi connectivity index (χ0n) is 14.3. The van der Waals surface area contributed by atoms with Crippen LogP contribution in [0.15, 0.2) is 54.6 Å². The summed E-state index contributed by atoms with van der Waals surface area (Å²) in [4.78, 5) is 35.1. The molecule has 0 aliphatic carbocycles. The lowest BCUT2D eigenvalue weighted by molar-refractivity contribution is -0.384. The van der Waals surface area contributed by atoms with Gasteiger partial charge in [0.2, 0.25) is 5.91 Å². The van der Waals surface area contributed by atoms with Crippen LogP contribution in [0.4, 0.5) is 16.2 Å². The van der Waals surface area contributed by atoms with Gasteiger partial charge < -0.3 is 15.0 Å². The number of hydrogen-bond acceptors (Lipinski definition) is 5. The number of benzene rings is 2. The summed E-state index contributed by atoms with van der Waals surface area (Å²) >= 11 is 0. The summed E-state index contributed by atoms with van der Waals surface area (Å²) < 4.78 is 5.09. The molecule has 0 atom stereocenters. The number of nitrogens with zero attached hydrogens (tertiary/aromatic N) is 2. The van der Waals surface area contributed by atoms with Crippen LogP contribution in [0.1, 0.15) is 12.5 Å². The molecule has 0 heterocycles. The number of nitrogens with one attached hydrogen (secondary N) is 1. The van der Waals surface area contributed by atoms with Crippen LogP contribution in [0.5, 0.6) is 0 Å². The first kappa shape index (κ1) is 18.9. The number of alkyl carbamates (subject to hydrolysis) is 1. The number of non-ortho nitro benzene ring substituents is 1. The van der Waals surface area contributed by atoms with E-state index in [2.05, 4.69) is 5.32 Å². The van der Waals surface area contributed by atoms with E-state index in [1.807, 2.05) is 30.3 Å². The van der Waals surface area contributed by atoms with E-state index in [1.165, 1.54) is 36.1 Å². The SMILES string of the molecule is CC(=O)N(CCNC(=O)OCc1ccccc1)c1ccc([N+](=O)[O-])cc1. The summed E-state index contributed by atoms with van der Waals surface area (Å²) in [6.07, 6.45) is -0.582. The first-order valence-corrected chi connectivity index (χ1v) is 7.94. The number of hydrogen-bond donors (Lipinski definition) is 1. The molecule has 0 saturated carbocycles. The maximum absolute atomic E-state index is 11.8. The second-order valence-corrected chi connectivity index (χ2v) is 5.43. The van der Waals surface area contributed by atoms with Crippen molar-refractivity contribution in [3.63, 3.8) is 0 Å². The van der Waals surface area contributed by atoms with Crippen LogP contribution in [-0.4, -0.2) is 30.0 Å². The molecule has 136 valence electrons. The van der Waals surface area contributed by atoms with Gasteiger partial charge in [-0.25, -0.2) is 4.79 Å². The van der Waals surface area contributed by atoms with Gasteiger partial charge >= 0.3 is 6.09 Å². The predicted octanol–water partition coefficient (Wildman–Crippen LogP) is 2.87. The van der Waals surface area contributed by atoms with Gasteiger partial charge in [0, 0.05) is 37.8 Å². The van der Waals surface area contributed by atoms with E-state index in [4.69, 9.17) is 4.74 Å². The fourth-order valence-electron chi connectivity index (χ4n) is 2.27. The summed E-state index contributed by atoms with van der Waals surface area (Å²) in [7, 11) is 0. The van der Waals surface area contributed by atoms with Gasteiger partial charge in [-0.15, -0.1) is 0 Å². The van der Waals surface area contributed by atoms with Crippen molar-refractivity contribution in [3.8, 4) is 0 Å². The molecule has 2 rings (SSSR count). The van der Waals surface area contributed by atoms with Gasteiger partial charge in [-0.1, -0.05) is 30.3 Å². The fourth-order valence-corrected chi connectivity index (χ4v) is 2.27. The Labute approximate surface area is 150 Å². The Kier molecular flexibility index (Phi) is 6.67. The largest absolute Gasteiger partial charge is 0.445 e. The Hall–Kier alpha value is -3.42. The number of ether oxygens (including phenoxy) is 1. The third kappa shape index (κ3) is 5.59. The van der Waals surface area contributed by atoms with Crippen LogP contribution in [0.3, 0.4) is 0 Å². The van der Waals surface area contributed by atoms with E-state index in [-0.39, 0.29) is 31.3 Å². The number of nitro groups is 1. The summed E-state index contributed by atoms with van der Waals surface area (Å²) in [6.45, 7) is 1.94. The highest BCUT2D eigenvalue weighted by Gasteiger charge is 2.14. The van der Waals surface area contributed by atoms with Gasteiger partial charge in [0.05, 0.1) is 4.92 Å². The zero-order chi connectivity index (χ0) is 18.9. The van der Waals surface area contributed by atoms with Crippen molar-refractivity contribution in [2.75, 3.05) is 18.0 Å². The topological polar surface area (TPSA) is 102 Å². The van der Waals surface area contributed by atoms with Gasteiger partial charge in [0.15, 0.2) is 0 Å². The Balaban J connectivity index is 1.83. The molecular formula is C18H19N3O5. The standard InChI is InChI=1S/C18H19N3O5/c1-14(22)20(16-7-9-17(10-8-16)21(24)25)12-11-19-18(23)26-13-15-5-3-2-4-6-15/h2-10H,11-13H2,1H3,(H,19,23). The molecular weight excluding hydrogens is 338 g/mol. The summed E-state index contributed by atoms with van der Waals surface area (Å²) in [5.41, 5.74) is 1.33. The zero-order valence-corrected chi connectivity index (χ0v) is 14.3. The monoisotopic (exact) mass is 357 g/mol. The molecule has 0 bridgehead atoms. The van der Waals surface area contributed by atoms with Gasteiger partial charge in [-0.2, -0.15) is 0 Å². The Bertz CT molecular complexity index is 762. The van der Waals surface area contributed by atoms with Gasteiger partial charge in [0.25, 0.3) is 5.69 Å². The maximum Gasteiger partial charge on any atom is 0.407 e. The van der Waals surface area contributed by atoms with Crippen molar-refractivity contribution in [2.45, 2.75) is 13.5 Å². The predicted molar refractivity (Wildman–Crippen MR) is 95.8 cm³/mol. The molecule has 0 radical (unpaired) electrons. The highest BCUT2D eigenvalue weighted by molar-refractivity contribution is 5.91. The van der Waals surface area contributed by atoms with E-state index in [0.29, 0.717) is 5.69 Å². The second kappa shape index (κ2) is 9.16. The van der Waals surface area contributed by atoms with E-state index >= 15 is 0 Å². The molecule has 26 heavy (non-hydrogen) atoms. The molecule has 0 saturated heterocycles. The highest BCUT2D eigenvalue weighted by Crippen LogP contribution is 2.19. The molecule has 0 aliphatic rings. The molecule has 0 aromatic heterocycles. The number of amides is 2. The fraction of sp³-hybridized carbons (Fsp3) is 0.222. The van der Waals surface area contributed by atoms with Crippen LogP contribution < -0.4 is 10.2 Å². The van der Waals surface area contributed by atoms with Gasteiger partial charge in [-0.3, -0.25) is 14.9 Å². The lowest BCUT2D eigenvalue weighted by Crippen LogP contribution is -2.37. The van der Waals surface area contributed by atoms with Crippen molar-refractivity contribution < 1.29 is 19.2 Å². The molecule has 2 aromatic rings. The van der Waals surface area contributed by atoms with Crippen LogP contribution in [0, 0.1) is 10.1 Å². The average molecular weight is 357 g/mol. The van der Waals surface area contributed by atoms with Gasteiger partial charge in [0.1, 0.15) is 6.61 Å². The minimum absolute atomic E-state index is 0.0557. The first-order valence-electron chi connectivity index (χ1n) is 7.94. The summed E-state index contributed by atoms with van der Waals surface area (Å²) in [6, 6.07) is 14.9. The number of rotatable bonds is 7. The molecule has 2 amide bonds. The number of nitro benzene ring substituents is 1. The molecule has 0 spiro atoms. The highest BCUT2D eigenvalue weighted by atomic mass is 16.6. The molecule has 0 unspecified atom stereocenters. The van der Waals surface area contributed by atoms with Crippen molar-refractivity contribution in [3.05, 3.63) is 70.3 Å². The van der Waals surface area contributed by atoms with Crippen molar-refractivity contribution in [1.29, 1.82) is 0 Å². The van der Waals surface area contributed by atoms with E-state index < -0.39 is 11.0 Å². The summed E-state index contributed by atoms with van der Waals surface area (Å²) in [5.74, 6) is -0.238. The van der Waals surface area contributed by atoms with E-state index in [1.54, 1.807) is 0 Å². The molecule has 0 aliphatic heterocycles. The molecule has 0 fully saturated rings. The van der Waals surface area contributed by atoms with E-state index in [9.17, 15) is 19.7 Å². The molecule has 2 aromatic carbocycles. The second-order valence-electron chi connectivity index (χ2n) is 5.43. The number of carbonyl (C=O) groups is 2. The summed E-state index contributed by atoms with van der Waals surface area (Å²) in [5, 5.41) is 13.3. The van der Waals surface area contributed by atoms with Gasteiger partial charge in [-0.05, 0) is 17.7 Å². The van der Waals surface area contributed by atoms with Crippen molar-refractivity contribution >= 4 is 23.4 Å². The smallest absolute Gasteiger partial charge is 0.407 e. The maximum atomic E-state index is 11.8. The van der Waals surface area contributed by atoms with Crippen molar-refractivity contribution in [2.24, 2.45) is 0 Å². The first-order chi connectivity index (χ1) is 12.5. The third-order valence-electron chi connectivity index (χ3n) is 3.57. The average Bonchev–Trinajstić information content (AvgIpc) is 2.64. The van der Waals surface area contributed by atoms with Crippen LogP contribution in [0.2, 0.25) is 0 Å². The van der Waals surface area contributed by atoms with Crippen LogP contribution >= 0.6 is 0 Å². The van der Waals surface area contributed by atoms with Crippen molar-refractivity contribution in [1.82, 2.24) is 5.32 Å². The minimum Gasteiger partial charge on any atom is -0.445 e. The third-order valence-corrected chi connectivity index (χ3v) is 3.57. The quantitative estimate of drug-likeness (QED) is 0.606. The minimum atomic E-state index is -0.582. The molecule has 8 nitrogen and oxygen atoms in total.